The topological polar surface area (TPSA) is 17.1 Å². The highest BCUT2D eigenvalue weighted by Gasteiger charge is 2.15. The van der Waals surface area contributed by atoms with Gasteiger partial charge in [-0.25, -0.2) is 0 Å². The van der Waals surface area contributed by atoms with Crippen LogP contribution in [0.15, 0.2) is 36.0 Å². The molecule has 0 radical (unpaired) electrons. The van der Waals surface area contributed by atoms with Crippen LogP contribution in [0.1, 0.15) is 47.0 Å². The van der Waals surface area contributed by atoms with Crippen molar-refractivity contribution in [2.45, 2.75) is 47.0 Å². The molecule has 3 unspecified atom stereocenters. The van der Waals surface area contributed by atoms with Gasteiger partial charge in [-0.1, -0.05) is 49.8 Å². The maximum Gasteiger partial charge on any atom is 0.136 e. The molecule has 0 aromatic rings. The van der Waals surface area contributed by atoms with E-state index in [0.717, 1.165) is 19.3 Å². The summed E-state index contributed by atoms with van der Waals surface area (Å²) >= 11 is 0. The fourth-order valence-corrected chi connectivity index (χ4v) is 2.37. The summed E-state index contributed by atoms with van der Waals surface area (Å²) < 4.78 is 0. The van der Waals surface area contributed by atoms with Gasteiger partial charge in [0.2, 0.25) is 0 Å². The van der Waals surface area contributed by atoms with E-state index in [1.807, 2.05) is 0 Å². The summed E-state index contributed by atoms with van der Waals surface area (Å²) in [6.45, 7) is 8.30. The molecule has 0 amide bonds. The molecule has 1 rings (SSSR count). The van der Waals surface area contributed by atoms with Gasteiger partial charge in [-0.3, -0.25) is 4.79 Å². The van der Waals surface area contributed by atoms with Crippen molar-refractivity contribution in [2.24, 2.45) is 17.8 Å². The second-order valence-corrected chi connectivity index (χ2v) is 5.50. The Labute approximate surface area is 112 Å². The number of Topliss-reactive ketones (excluding diaryl/α,β-unsaturated/α-hetero) is 1. The zero-order valence-corrected chi connectivity index (χ0v) is 12.1. The van der Waals surface area contributed by atoms with E-state index < -0.39 is 0 Å². The van der Waals surface area contributed by atoms with Gasteiger partial charge in [-0.15, -0.1) is 0 Å². The SMILES string of the molecule is CC(=O)C1CC/C=C/C(C)C(C)/C=C/C/C=C/1C. The van der Waals surface area contributed by atoms with Crippen LogP contribution < -0.4 is 0 Å². The highest BCUT2D eigenvalue weighted by atomic mass is 16.1. The van der Waals surface area contributed by atoms with E-state index in [2.05, 4.69) is 51.2 Å². The molecule has 1 nitrogen and oxygen atoms in total. The molecule has 3 atom stereocenters. The average Bonchev–Trinajstić information content (AvgIpc) is 2.31. The molecule has 0 fully saturated rings. The van der Waals surface area contributed by atoms with Crippen LogP contribution in [0, 0.1) is 17.8 Å². The molecule has 1 heteroatoms. The van der Waals surface area contributed by atoms with Crippen molar-refractivity contribution in [1.29, 1.82) is 0 Å². The molecule has 100 valence electrons. The number of ketones is 1. The smallest absolute Gasteiger partial charge is 0.136 e. The van der Waals surface area contributed by atoms with Gasteiger partial charge in [0, 0.05) is 5.92 Å². The highest BCUT2D eigenvalue weighted by Crippen LogP contribution is 2.21. The second kappa shape index (κ2) is 7.35. The summed E-state index contributed by atoms with van der Waals surface area (Å²) in [6, 6.07) is 0. The Morgan fingerprint density at radius 2 is 1.78 bits per heavy atom. The summed E-state index contributed by atoms with van der Waals surface area (Å²) in [5, 5.41) is 0. The van der Waals surface area contributed by atoms with Crippen LogP contribution in [0.2, 0.25) is 0 Å². The predicted molar refractivity (Wildman–Crippen MR) is 78.4 cm³/mol. The first-order chi connectivity index (χ1) is 8.52. The number of hydrogen-bond donors (Lipinski definition) is 0. The standard InChI is InChI=1S/C17H26O/c1-13-9-5-6-11-15(3)17(16(4)18)12-8-7-10-14(13)2/h5,7,9-11,13-14,17H,6,8,12H2,1-4H3/b9-5+,10-7+,15-11+. The van der Waals surface area contributed by atoms with Crippen LogP contribution in [-0.4, -0.2) is 5.78 Å². The monoisotopic (exact) mass is 246 g/mol. The third-order valence-electron chi connectivity index (χ3n) is 3.95. The van der Waals surface area contributed by atoms with E-state index in [4.69, 9.17) is 0 Å². The van der Waals surface area contributed by atoms with Crippen molar-refractivity contribution in [2.75, 3.05) is 0 Å². The number of hydrogen-bond acceptors (Lipinski definition) is 1. The van der Waals surface area contributed by atoms with Gasteiger partial charge in [-0.05, 0) is 44.9 Å². The minimum absolute atomic E-state index is 0.107. The first-order valence-electron chi connectivity index (χ1n) is 7.02. The van der Waals surface area contributed by atoms with Crippen molar-refractivity contribution in [1.82, 2.24) is 0 Å². The Morgan fingerprint density at radius 3 is 2.39 bits per heavy atom. The van der Waals surface area contributed by atoms with E-state index in [0.29, 0.717) is 17.6 Å². The van der Waals surface area contributed by atoms with E-state index in [1.165, 1.54) is 5.57 Å². The zero-order chi connectivity index (χ0) is 13.5. The van der Waals surface area contributed by atoms with Crippen LogP contribution in [0.25, 0.3) is 0 Å². The Hall–Kier alpha value is -1.11. The Morgan fingerprint density at radius 1 is 1.17 bits per heavy atom. The first kappa shape index (κ1) is 14.9. The fraction of sp³-hybridized carbons (Fsp3) is 0.588. The van der Waals surface area contributed by atoms with Crippen molar-refractivity contribution >= 4 is 5.78 Å². The summed E-state index contributed by atoms with van der Waals surface area (Å²) in [5.41, 5.74) is 1.22. The lowest BCUT2D eigenvalue weighted by molar-refractivity contribution is -0.119. The molecular formula is C17H26O. The maximum absolute atomic E-state index is 11.7. The molecule has 0 saturated heterocycles. The van der Waals surface area contributed by atoms with E-state index in [1.54, 1.807) is 6.92 Å². The second-order valence-electron chi connectivity index (χ2n) is 5.50. The molecule has 0 aromatic carbocycles. The summed E-state index contributed by atoms with van der Waals surface area (Å²) in [7, 11) is 0. The van der Waals surface area contributed by atoms with Gasteiger partial charge in [-0.2, -0.15) is 0 Å². The Balaban J connectivity index is 2.85. The molecule has 0 heterocycles. The lowest BCUT2D eigenvalue weighted by Gasteiger charge is -2.16. The number of allylic oxidation sites excluding steroid dienone is 6. The third-order valence-corrected chi connectivity index (χ3v) is 3.95. The van der Waals surface area contributed by atoms with Gasteiger partial charge < -0.3 is 0 Å². The molecule has 0 bridgehead atoms. The van der Waals surface area contributed by atoms with Crippen LogP contribution >= 0.6 is 0 Å². The molecule has 18 heavy (non-hydrogen) atoms. The quantitative estimate of drug-likeness (QED) is 0.613. The van der Waals surface area contributed by atoms with Crippen molar-refractivity contribution in [3.63, 3.8) is 0 Å². The van der Waals surface area contributed by atoms with Gasteiger partial charge in [0.25, 0.3) is 0 Å². The predicted octanol–water partition coefficient (Wildman–Crippen LogP) is 4.71. The lowest BCUT2D eigenvalue weighted by atomic mass is 9.89. The Bertz CT molecular complexity index is 360. The van der Waals surface area contributed by atoms with Crippen molar-refractivity contribution < 1.29 is 4.79 Å². The number of carbonyl (C=O) groups is 1. The molecule has 0 N–H and O–H groups in total. The highest BCUT2D eigenvalue weighted by molar-refractivity contribution is 5.81. The van der Waals surface area contributed by atoms with E-state index in [-0.39, 0.29) is 5.92 Å². The molecule has 0 aromatic heterocycles. The van der Waals surface area contributed by atoms with Gasteiger partial charge in [0.05, 0.1) is 0 Å². The third kappa shape index (κ3) is 4.64. The van der Waals surface area contributed by atoms with Crippen LogP contribution in [0.5, 0.6) is 0 Å². The number of rotatable bonds is 1. The van der Waals surface area contributed by atoms with Gasteiger partial charge >= 0.3 is 0 Å². The van der Waals surface area contributed by atoms with Crippen LogP contribution in [0.3, 0.4) is 0 Å². The normalized spacial score (nSPS) is 36.7. The molecule has 0 spiro atoms. The first-order valence-corrected chi connectivity index (χ1v) is 7.02. The minimum Gasteiger partial charge on any atom is -0.299 e. The maximum atomic E-state index is 11.7. The molecule has 1 aliphatic carbocycles. The van der Waals surface area contributed by atoms with Crippen LogP contribution in [0.4, 0.5) is 0 Å². The number of carbonyl (C=O) groups excluding carboxylic acids is 1. The van der Waals surface area contributed by atoms with E-state index in [9.17, 15) is 4.79 Å². The molecule has 0 saturated carbocycles. The summed E-state index contributed by atoms with van der Waals surface area (Å²) in [5.74, 6) is 1.55. The average molecular weight is 246 g/mol. The van der Waals surface area contributed by atoms with Crippen molar-refractivity contribution in [3.05, 3.63) is 36.0 Å². The van der Waals surface area contributed by atoms with Crippen molar-refractivity contribution in [3.8, 4) is 0 Å². The minimum atomic E-state index is 0.107. The largest absolute Gasteiger partial charge is 0.299 e. The molecular weight excluding hydrogens is 220 g/mol. The summed E-state index contributed by atoms with van der Waals surface area (Å²) in [6.07, 6.45) is 14.1. The Kier molecular flexibility index (Phi) is 6.11. The van der Waals surface area contributed by atoms with E-state index >= 15 is 0 Å². The van der Waals surface area contributed by atoms with Crippen LogP contribution in [-0.2, 0) is 4.79 Å². The summed E-state index contributed by atoms with van der Waals surface area (Å²) in [4.78, 5) is 11.7. The lowest BCUT2D eigenvalue weighted by Crippen LogP contribution is -2.12. The molecule has 1 aliphatic rings. The zero-order valence-electron chi connectivity index (χ0n) is 12.1. The fourth-order valence-electron chi connectivity index (χ4n) is 2.37. The van der Waals surface area contributed by atoms with Gasteiger partial charge in [0.1, 0.15) is 5.78 Å². The molecule has 0 aliphatic heterocycles. The van der Waals surface area contributed by atoms with Gasteiger partial charge in [0.15, 0.2) is 0 Å².